The van der Waals surface area contributed by atoms with Crippen LogP contribution in [0.1, 0.15) is 148 Å². The number of rotatable bonds is 25. The first-order valence-electron chi connectivity index (χ1n) is 14.1. The molecule has 3 heteroatoms. The summed E-state index contributed by atoms with van der Waals surface area (Å²) in [5.41, 5.74) is 0. The highest BCUT2D eigenvalue weighted by atomic mass is 16.1. The first-order chi connectivity index (χ1) is 15.2. The molecule has 186 valence electrons. The standard InChI is InChI=1S/C28H58N2O/c1-4-5-6-7-8-9-10-11-12-13-14-15-16-17-18-19-20-21-22-25-28(31)29-26-23-24-27-30(2)3/h4-27H2,1-3H3,(H,29,31). The fourth-order valence-corrected chi connectivity index (χ4v) is 4.23. The number of carbonyl (C=O) groups excluding carboxylic acids is 1. The van der Waals surface area contributed by atoms with Gasteiger partial charge in [-0.05, 0) is 39.9 Å². The number of hydrogen-bond acceptors (Lipinski definition) is 2. The highest BCUT2D eigenvalue weighted by Crippen LogP contribution is 2.14. The fraction of sp³-hybridized carbons (Fsp3) is 0.964. The minimum atomic E-state index is 0.247. The molecule has 0 aliphatic heterocycles. The van der Waals surface area contributed by atoms with E-state index in [0.29, 0.717) is 6.42 Å². The van der Waals surface area contributed by atoms with E-state index < -0.39 is 0 Å². The quantitative estimate of drug-likeness (QED) is 0.145. The van der Waals surface area contributed by atoms with E-state index in [9.17, 15) is 4.79 Å². The molecule has 0 aromatic carbocycles. The number of carbonyl (C=O) groups is 1. The number of amides is 1. The Morgan fingerprint density at radius 3 is 1.32 bits per heavy atom. The average Bonchev–Trinajstić information content (AvgIpc) is 2.75. The van der Waals surface area contributed by atoms with E-state index in [1.807, 2.05) is 0 Å². The fourth-order valence-electron chi connectivity index (χ4n) is 4.23. The van der Waals surface area contributed by atoms with Crippen LogP contribution in [-0.4, -0.2) is 38.0 Å². The van der Waals surface area contributed by atoms with Crippen molar-refractivity contribution in [1.82, 2.24) is 10.2 Å². The molecule has 0 aromatic rings. The van der Waals surface area contributed by atoms with Crippen LogP contribution in [-0.2, 0) is 4.79 Å². The summed E-state index contributed by atoms with van der Waals surface area (Å²) in [7, 11) is 4.19. The zero-order valence-electron chi connectivity index (χ0n) is 21.8. The summed E-state index contributed by atoms with van der Waals surface area (Å²) in [5, 5.41) is 3.06. The van der Waals surface area contributed by atoms with E-state index >= 15 is 0 Å². The third-order valence-corrected chi connectivity index (χ3v) is 6.36. The van der Waals surface area contributed by atoms with Gasteiger partial charge < -0.3 is 10.2 Å². The first-order valence-corrected chi connectivity index (χ1v) is 14.1. The molecule has 0 unspecified atom stereocenters. The van der Waals surface area contributed by atoms with E-state index in [1.54, 1.807) is 0 Å². The van der Waals surface area contributed by atoms with Gasteiger partial charge in [0, 0.05) is 13.0 Å². The summed E-state index contributed by atoms with van der Waals surface area (Å²) in [6, 6.07) is 0. The van der Waals surface area contributed by atoms with E-state index in [-0.39, 0.29) is 5.91 Å². The van der Waals surface area contributed by atoms with Crippen molar-refractivity contribution in [1.29, 1.82) is 0 Å². The predicted molar refractivity (Wildman–Crippen MR) is 139 cm³/mol. The van der Waals surface area contributed by atoms with Crippen LogP contribution in [0.15, 0.2) is 0 Å². The van der Waals surface area contributed by atoms with Gasteiger partial charge in [-0.3, -0.25) is 4.79 Å². The molecule has 0 rings (SSSR count). The van der Waals surface area contributed by atoms with Crippen LogP contribution in [0.5, 0.6) is 0 Å². The normalized spacial score (nSPS) is 11.4. The molecular formula is C28H58N2O. The molecule has 0 bridgehead atoms. The minimum absolute atomic E-state index is 0.247. The van der Waals surface area contributed by atoms with Crippen molar-refractivity contribution < 1.29 is 4.79 Å². The monoisotopic (exact) mass is 438 g/mol. The Morgan fingerprint density at radius 2 is 0.935 bits per heavy atom. The Balaban J connectivity index is 3.11. The maximum absolute atomic E-state index is 11.8. The van der Waals surface area contributed by atoms with Gasteiger partial charge in [0.1, 0.15) is 0 Å². The van der Waals surface area contributed by atoms with E-state index in [1.165, 1.54) is 116 Å². The van der Waals surface area contributed by atoms with Crippen LogP contribution in [0.3, 0.4) is 0 Å². The molecule has 0 aliphatic rings. The highest BCUT2D eigenvalue weighted by molar-refractivity contribution is 5.75. The lowest BCUT2D eigenvalue weighted by Crippen LogP contribution is -2.24. The molecule has 0 saturated heterocycles. The molecule has 0 atom stereocenters. The molecular weight excluding hydrogens is 380 g/mol. The van der Waals surface area contributed by atoms with Gasteiger partial charge in [0.05, 0.1) is 0 Å². The largest absolute Gasteiger partial charge is 0.356 e. The summed E-state index contributed by atoms with van der Waals surface area (Å²) in [6.07, 6.45) is 29.4. The van der Waals surface area contributed by atoms with Crippen LogP contribution < -0.4 is 5.32 Å². The molecule has 31 heavy (non-hydrogen) atoms. The van der Waals surface area contributed by atoms with Gasteiger partial charge >= 0.3 is 0 Å². The number of hydrogen-bond donors (Lipinski definition) is 1. The topological polar surface area (TPSA) is 32.3 Å². The van der Waals surface area contributed by atoms with Gasteiger partial charge in [0.2, 0.25) is 5.91 Å². The zero-order chi connectivity index (χ0) is 22.8. The molecule has 0 saturated carbocycles. The number of nitrogens with one attached hydrogen (secondary N) is 1. The van der Waals surface area contributed by atoms with E-state index in [4.69, 9.17) is 0 Å². The second-order valence-electron chi connectivity index (χ2n) is 9.97. The Labute approximate surface area is 196 Å². The zero-order valence-corrected chi connectivity index (χ0v) is 21.8. The third kappa shape index (κ3) is 27.4. The van der Waals surface area contributed by atoms with Crippen LogP contribution in [0, 0.1) is 0 Å². The van der Waals surface area contributed by atoms with E-state index in [0.717, 1.165) is 32.4 Å². The van der Waals surface area contributed by atoms with Gasteiger partial charge in [0.15, 0.2) is 0 Å². The lowest BCUT2D eigenvalue weighted by molar-refractivity contribution is -0.121. The lowest BCUT2D eigenvalue weighted by Gasteiger charge is -2.09. The second kappa shape index (κ2) is 25.7. The van der Waals surface area contributed by atoms with Crippen LogP contribution in [0.2, 0.25) is 0 Å². The van der Waals surface area contributed by atoms with Crippen molar-refractivity contribution in [3.8, 4) is 0 Å². The van der Waals surface area contributed by atoms with Crippen molar-refractivity contribution in [2.75, 3.05) is 27.2 Å². The molecule has 0 radical (unpaired) electrons. The summed E-state index contributed by atoms with van der Waals surface area (Å²) in [4.78, 5) is 14.0. The third-order valence-electron chi connectivity index (χ3n) is 6.36. The van der Waals surface area contributed by atoms with Gasteiger partial charge in [-0.25, -0.2) is 0 Å². The van der Waals surface area contributed by atoms with Crippen molar-refractivity contribution >= 4 is 5.91 Å². The van der Waals surface area contributed by atoms with Gasteiger partial charge in [-0.2, -0.15) is 0 Å². The predicted octanol–water partition coefficient (Wildman–Crippen LogP) is 8.27. The van der Waals surface area contributed by atoms with Gasteiger partial charge in [-0.1, -0.05) is 122 Å². The van der Waals surface area contributed by atoms with Crippen LogP contribution in [0.25, 0.3) is 0 Å². The molecule has 0 spiro atoms. The first kappa shape index (κ1) is 30.4. The molecule has 3 nitrogen and oxygen atoms in total. The highest BCUT2D eigenvalue weighted by Gasteiger charge is 2.01. The van der Waals surface area contributed by atoms with Crippen molar-refractivity contribution in [2.45, 2.75) is 148 Å². The Morgan fingerprint density at radius 1 is 0.548 bits per heavy atom. The molecule has 0 heterocycles. The smallest absolute Gasteiger partial charge is 0.219 e. The Bertz CT molecular complexity index is 357. The summed E-state index contributed by atoms with van der Waals surface area (Å²) in [6.45, 7) is 4.24. The summed E-state index contributed by atoms with van der Waals surface area (Å²) in [5.74, 6) is 0.247. The van der Waals surface area contributed by atoms with Crippen LogP contribution >= 0.6 is 0 Å². The number of unbranched alkanes of at least 4 members (excludes halogenated alkanes) is 19. The van der Waals surface area contributed by atoms with Gasteiger partial charge in [-0.15, -0.1) is 0 Å². The van der Waals surface area contributed by atoms with Crippen molar-refractivity contribution in [3.63, 3.8) is 0 Å². The SMILES string of the molecule is CCCCCCCCCCCCCCCCCCCCCC(=O)NCCCCN(C)C. The number of nitrogens with zero attached hydrogens (tertiary/aromatic N) is 1. The molecule has 0 aromatic heterocycles. The molecule has 1 amide bonds. The summed E-state index contributed by atoms with van der Waals surface area (Å²) < 4.78 is 0. The molecule has 0 aliphatic carbocycles. The van der Waals surface area contributed by atoms with E-state index in [2.05, 4.69) is 31.2 Å². The average molecular weight is 439 g/mol. The van der Waals surface area contributed by atoms with Crippen LogP contribution in [0.4, 0.5) is 0 Å². The maximum atomic E-state index is 11.8. The molecule has 0 fully saturated rings. The van der Waals surface area contributed by atoms with Gasteiger partial charge in [0.25, 0.3) is 0 Å². The van der Waals surface area contributed by atoms with Crippen molar-refractivity contribution in [3.05, 3.63) is 0 Å². The lowest BCUT2D eigenvalue weighted by atomic mass is 10.0. The summed E-state index contributed by atoms with van der Waals surface area (Å²) >= 11 is 0. The van der Waals surface area contributed by atoms with Crippen molar-refractivity contribution in [2.24, 2.45) is 0 Å². The maximum Gasteiger partial charge on any atom is 0.219 e. The second-order valence-corrected chi connectivity index (χ2v) is 9.97. The Hall–Kier alpha value is -0.570. The molecule has 1 N–H and O–H groups in total. The minimum Gasteiger partial charge on any atom is -0.356 e. The Kier molecular flexibility index (Phi) is 25.2.